The lowest BCUT2D eigenvalue weighted by Crippen LogP contribution is -2.38. The van der Waals surface area contributed by atoms with Gasteiger partial charge in [0.2, 0.25) is 0 Å². The van der Waals surface area contributed by atoms with Crippen molar-refractivity contribution in [3.05, 3.63) is 54.9 Å². The van der Waals surface area contributed by atoms with E-state index in [0.717, 1.165) is 36.2 Å². The van der Waals surface area contributed by atoms with Gasteiger partial charge in [-0.2, -0.15) is 0 Å². The summed E-state index contributed by atoms with van der Waals surface area (Å²) < 4.78 is 0. The number of hydrogen-bond donors (Lipinski definition) is 2. The molecule has 1 aliphatic heterocycles. The van der Waals surface area contributed by atoms with Crippen molar-refractivity contribution in [2.45, 2.75) is 52.6 Å². The number of fused-ring (bicyclic) bond motifs is 3. The topological polar surface area (TPSA) is 84.3 Å². The normalized spacial score (nSPS) is 21.0. The summed E-state index contributed by atoms with van der Waals surface area (Å²) in [5.74, 6) is 0.491. The number of rotatable bonds is 4. The van der Waals surface area contributed by atoms with Gasteiger partial charge in [0.1, 0.15) is 16.2 Å². The van der Waals surface area contributed by atoms with Gasteiger partial charge in [-0.05, 0) is 42.2 Å². The van der Waals surface area contributed by atoms with Crippen LogP contribution in [0, 0.1) is 21.4 Å². The van der Waals surface area contributed by atoms with Crippen molar-refractivity contribution >= 4 is 39.5 Å². The van der Waals surface area contributed by atoms with Crippen LogP contribution in [-0.4, -0.2) is 10.8 Å². The highest BCUT2D eigenvalue weighted by Crippen LogP contribution is 2.47. The van der Waals surface area contributed by atoms with E-state index in [1.54, 1.807) is 17.4 Å². The molecule has 0 bridgehead atoms. The number of carbonyl (C=O) groups is 1. The summed E-state index contributed by atoms with van der Waals surface area (Å²) in [5, 5.41) is 18.5. The Balaban J connectivity index is 1.64. The SMILES string of the molecule is CCC(C)(C)[C@H]1CCc2c(sc3c2C(=O)N[C@H](c2ccc(Cl)c([N+](=O)[O-])c2)N3)C1. The molecule has 0 saturated carbocycles. The molecule has 2 atom stereocenters. The molecule has 2 N–H and O–H groups in total. The van der Waals surface area contributed by atoms with Gasteiger partial charge in [-0.25, -0.2) is 0 Å². The molecule has 0 unspecified atom stereocenters. The highest BCUT2D eigenvalue weighted by atomic mass is 35.5. The molecule has 0 saturated heterocycles. The van der Waals surface area contributed by atoms with E-state index >= 15 is 0 Å². The minimum Gasteiger partial charge on any atom is -0.353 e. The van der Waals surface area contributed by atoms with Gasteiger partial charge in [0.05, 0.1) is 10.5 Å². The van der Waals surface area contributed by atoms with Crippen LogP contribution >= 0.6 is 22.9 Å². The number of benzene rings is 1. The molecule has 154 valence electrons. The highest BCUT2D eigenvalue weighted by molar-refractivity contribution is 7.16. The van der Waals surface area contributed by atoms with Crippen LogP contribution in [0.5, 0.6) is 0 Å². The van der Waals surface area contributed by atoms with Gasteiger partial charge in [-0.15, -0.1) is 11.3 Å². The van der Waals surface area contributed by atoms with E-state index in [1.807, 2.05) is 0 Å². The maximum Gasteiger partial charge on any atom is 0.288 e. The molecule has 2 aromatic rings. The Morgan fingerprint density at radius 2 is 2.10 bits per heavy atom. The van der Waals surface area contributed by atoms with Gasteiger partial charge in [0.25, 0.3) is 11.6 Å². The van der Waals surface area contributed by atoms with Crippen molar-refractivity contribution < 1.29 is 9.72 Å². The third-order valence-electron chi connectivity index (χ3n) is 6.56. The molecule has 2 aliphatic rings. The first-order valence-electron chi connectivity index (χ1n) is 9.87. The minimum absolute atomic E-state index is 0.0812. The molecule has 1 aliphatic carbocycles. The first kappa shape index (κ1) is 20.2. The highest BCUT2D eigenvalue weighted by Gasteiger charge is 2.37. The molecule has 6 nitrogen and oxygen atoms in total. The van der Waals surface area contributed by atoms with Crippen molar-refractivity contribution in [3.63, 3.8) is 0 Å². The van der Waals surface area contributed by atoms with Crippen LogP contribution in [0.25, 0.3) is 0 Å². The predicted molar refractivity (Wildman–Crippen MR) is 116 cm³/mol. The first-order valence-corrected chi connectivity index (χ1v) is 11.1. The fraction of sp³-hybridized carbons (Fsp3) is 0.476. The zero-order chi connectivity index (χ0) is 20.9. The molecular formula is C21H24ClN3O3S. The third-order valence-corrected chi connectivity index (χ3v) is 8.07. The molecular weight excluding hydrogens is 410 g/mol. The lowest BCUT2D eigenvalue weighted by molar-refractivity contribution is -0.384. The van der Waals surface area contributed by atoms with Crippen molar-refractivity contribution in [2.24, 2.45) is 11.3 Å². The smallest absolute Gasteiger partial charge is 0.288 e. The van der Waals surface area contributed by atoms with Gasteiger partial charge < -0.3 is 10.6 Å². The summed E-state index contributed by atoms with van der Waals surface area (Å²) in [6, 6.07) is 4.61. The molecule has 29 heavy (non-hydrogen) atoms. The average Bonchev–Trinajstić information content (AvgIpc) is 3.06. The van der Waals surface area contributed by atoms with Gasteiger partial charge in [-0.3, -0.25) is 14.9 Å². The van der Waals surface area contributed by atoms with E-state index in [2.05, 4.69) is 31.4 Å². The zero-order valence-corrected chi connectivity index (χ0v) is 18.2. The second kappa shape index (κ2) is 7.29. The van der Waals surface area contributed by atoms with Crippen molar-refractivity contribution in [2.75, 3.05) is 5.32 Å². The fourth-order valence-corrected chi connectivity index (χ4v) is 5.81. The predicted octanol–water partition coefficient (Wildman–Crippen LogP) is 5.70. The summed E-state index contributed by atoms with van der Waals surface area (Å²) in [5.41, 5.74) is 2.64. The maximum atomic E-state index is 12.9. The average molecular weight is 434 g/mol. The Morgan fingerprint density at radius 1 is 1.34 bits per heavy atom. The Labute approximate surface area is 178 Å². The quantitative estimate of drug-likeness (QED) is 0.478. The number of amides is 1. The third kappa shape index (κ3) is 3.51. The number of nitrogens with zero attached hydrogens (tertiary/aromatic N) is 1. The molecule has 1 aromatic heterocycles. The number of nitrogens with one attached hydrogen (secondary N) is 2. The molecule has 1 aromatic carbocycles. The second-order valence-corrected chi connectivity index (χ2v) is 10.0. The minimum atomic E-state index is -0.519. The van der Waals surface area contributed by atoms with Crippen LogP contribution in [-0.2, 0) is 12.8 Å². The first-order chi connectivity index (χ1) is 13.7. The van der Waals surface area contributed by atoms with E-state index in [1.165, 1.54) is 22.6 Å². The number of halogens is 1. The summed E-state index contributed by atoms with van der Waals surface area (Å²) in [4.78, 5) is 24.9. The van der Waals surface area contributed by atoms with E-state index in [0.29, 0.717) is 11.5 Å². The largest absolute Gasteiger partial charge is 0.353 e. The van der Waals surface area contributed by atoms with Crippen LogP contribution in [0.2, 0.25) is 5.02 Å². The number of nitro benzene ring substituents is 1. The number of hydrogen-bond acceptors (Lipinski definition) is 5. The summed E-state index contributed by atoms with van der Waals surface area (Å²) in [6.07, 6.45) is 3.63. The van der Waals surface area contributed by atoms with Gasteiger partial charge >= 0.3 is 0 Å². The Hall–Kier alpha value is -2.12. The monoisotopic (exact) mass is 433 g/mol. The van der Waals surface area contributed by atoms with E-state index in [-0.39, 0.29) is 22.0 Å². The Bertz CT molecular complexity index is 1000. The standard InChI is InChI=1S/C21H24ClN3O3S/c1-4-21(2,3)12-6-7-13-16(10-12)29-20-17(13)19(26)23-18(24-20)11-5-8-14(22)15(9-11)25(27)28/h5,8-9,12,18,24H,4,6-7,10H2,1-3H3,(H,23,26)/t12-,18-/m0/s1. The fourth-order valence-electron chi connectivity index (χ4n) is 4.27. The van der Waals surface area contributed by atoms with Crippen molar-refractivity contribution in [1.82, 2.24) is 5.32 Å². The lowest BCUT2D eigenvalue weighted by atomic mass is 9.69. The van der Waals surface area contributed by atoms with E-state index in [4.69, 9.17) is 11.6 Å². The van der Waals surface area contributed by atoms with Gasteiger partial charge in [-0.1, -0.05) is 44.9 Å². The van der Waals surface area contributed by atoms with Gasteiger partial charge in [0.15, 0.2) is 0 Å². The molecule has 2 heterocycles. The van der Waals surface area contributed by atoms with Crippen LogP contribution in [0.4, 0.5) is 10.7 Å². The van der Waals surface area contributed by atoms with Crippen LogP contribution in [0.3, 0.4) is 0 Å². The summed E-state index contributed by atoms with van der Waals surface area (Å²) in [7, 11) is 0. The summed E-state index contributed by atoms with van der Waals surface area (Å²) >= 11 is 7.58. The van der Waals surface area contributed by atoms with Crippen LogP contribution in [0.15, 0.2) is 18.2 Å². The molecule has 0 fully saturated rings. The molecule has 4 rings (SSSR count). The Kier molecular flexibility index (Phi) is 5.07. The zero-order valence-electron chi connectivity index (χ0n) is 16.7. The Morgan fingerprint density at radius 3 is 2.79 bits per heavy atom. The van der Waals surface area contributed by atoms with E-state index in [9.17, 15) is 14.9 Å². The van der Waals surface area contributed by atoms with E-state index < -0.39 is 11.1 Å². The number of carbonyl (C=O) groups excluding carboxylic acids is 1. The van der Waals surface area contributed by atoms with Crippen LogP contribution < -0.4 is 10.6 Å². The number of thiophene rings is 1. The maximum absolute atomic E-state index is 12.9. The van der Waals surface area contributed by atoms with Crippen molar-refractivity contribution in [1.29, 1.82) is 0 Å². The molecule has 8 heteroatoms. The van der Waals surface area contributed by atoms with Crippen LogP contribution in [0.1, 0.15) is 66.1 Å². The number of nitro groups is 1. The molecule has 0 radical (unpaired) electrons. The lowest BCUT2D eigenvalue weighted by Gasteiger charge is -2.36. The molecule has 1 amide bonds. The molecule has 0 spiro atoms. The summed E-state index contributed by atoms with van der Waals surface area (Å²) in [6.45, 7) is 6.88. The second-order valence-electron chi connectivity index (χ2n) is 8.51. The van der Waals surface area contributed by atoms with Gasteiger partial charge in [0, 0.05) is 16.5 Å². The number of anilines is 1. The van der Waals surface area contributed by atoms with Crippen molar-refractivity contribution in [3.8, 4) is 0 Å².